The molecule has 152 valence electrons. The Morgan fingerprint density at radius 3 is 2.55 bits per heavy atom. The number of benzene rings is 1. The minimum atomic E-state index is 0.150. The summed E-state index contributed by atoms with van der Waals surface area (Å²) in [5.74, 6) is 1.71. The third-order valence-electron chi connectivity index (χ3n) is 4.84. The number of halogens is 1. The number of nitriles is 1. The van der Waals surface area contributed by atoms with Crippen LogP contribution >= 0.6 is 11.6 Å². The molecule has 0 atom stereocenters. The number of ether oxygens (including phenoxy) is 1. The third-order valence-corrected chi connectivity index (χ3v) is 5.22. The second-order valence-corrected chi connectivity index (χ2v) is 7.37. The molecule has 0 radical (unpaired) electrons. The van der Waals surface area contributed by atoms with Crippen molar-refractivity contribution in [1.82, 2.24) is 14.5 Å². The molecule has 1 aromatic carbocycles. The fraction of sp³-hybridized carbons (Fsp3) is 0.409. The zero-order valence-electron chi connectivity index (χ0n) is 17.3. The van der Waals surface area contributed by atoms with Crippen LogP contribution in [-0.2, 0) is 11.3 Å². The molecule has 0 aliphatic rings. The second kappa shape index (κ2) is 9.25. The van der Waals surface area contributed by atoms with Gasteiger partial charge in [-0.05, 0) is 52.0 Å². The van der Waals surface area contributed by atoms with Gasteiger partial charge in [0.2, 0.25) is 0 Å². The molecule has 3 aromatic rings. The Hall–Kier alpha value is -2.62. The lowest BCUT2D eigenvalue weighted by atomic mass is 10.2. The Morgan fingerprint density at radius 1 is 1.21 bits per heavy atom. The van der Waals surface area contributed by atoms with E-state index in [2.05, 4.69) is 34.4 Å². The topological polar surface area (TPSA) is 67.0 Å². The molecule has 0 aliphatic heterocycles. The summed E-state index contributed by atoms with van der Waals surface area (Å²) in [6, 6.07) is 9.79. The minimum Gasteiger partial charge on any atom is -0.377 e. The van der Waals surface area contributed by atoms with Crippen molar-refractivity contribution in [2.45, 2.75) is 40.3 Å². The Bertz CT molecular complexity index is 1020. The van der Waals surface area contributed by atoms with Gasteiger partial charge in [0.25, 0.3) is 0 Å². The van der Waals surface area contributed by atoms with Crippen LogP contribution in [0.4, 0.5) is 5.82 Å². The lowest BCUT2D eigenvalue weighted by Crippen LogP contribution is -2.22. The van der Waals surface area contributed by atoms with E-state index in [1.165, 1.54) is 0 Å². The predicted molar refractivity (Wildman–Crippen MR) is 117 cm³/mol. The maximum atomic E-state index is 9.30. The summed E-state index contributed by atoms with van der Waals surface area (Å²) >= 11 is 6.45. The van der Waals surface area contributed by atoms with Crippen molar-refractivity contribution in [3.05, 3.63) is 41.0 Å². The van der Waals surface area contributed by atoms with Crippen molar-refractivity contribution in [3.63, 3.8) is 0 Å². The van der Waals surface area contributed by atoms with E-state index in [9.17, 15) is 5.26 Å². The number of pyridine rings is 1. The number of fused-ring (bicyclic) bond motifs is 1. The number of nitrogens with zero attached hydrogens (tertiary/aromatic N) is 5. The number of rotatable bonds is 8. The summed E-state index contributed by atoms with van der Waals surface area (Å²) in [6.45, 7) is 11.2. The number of anilines is 1. The van der Waals surface area contributed by atoms with Crippen LogP contribution in [0.2, 0.25) is 5.02 Å². The smallest absolute Gasteiger partial charge is 0.142 e. The van der Waals surface area contributed by atoms with Gasteiger partial charge < -0.3 is 14.2 Å². The molecule has 0 N–H and O–H groups in total. The molecule has 0 amide bonds. The monoisotopic (exact) mass is 411 g/mol. The van der Waals surface area contributed by atoms with Gasteiger partial charge in [-0.15, -0.1) is 0 Å². The first-order valence-electron chi connectivity index (χ1n) is 9.91. The van der Waals surface area contributed by atoms with Gasteiger partial charge in [0.05, 0.1) is 28.8 Å². The number of aromatic nitrogens is 3. The van der Waals surface area contributed by atoms with E-state index in [1.54, 1.807) is 6.07 Å². The van der Waals surface area contributed by atoms with E-state index < -0.39 is 0 Å². The molecule has 0 saturated heterocycles. The van der Waals surface area contributed by atoms with Crippen molar-refractivity contribution in [1.29, 1.82) is 5.26 Å². The van der Waals surface area contributed by atoms with E-state index in [4.69, 9.17) is 21.3 Å². The molecule has 0 bridgehead atoms. The highest BCUT2D eigenvalue weighted by molar-refractivity contribution is 6.36. The Kier molecular flexibility index (Phi) is 6.73. The average Bonchev–Trinajstić information content (AvgIpc) is 3.09. The van der Waals surface area contributed by atoms with E-state index in [0.717, 1.165) is 35.8 Å². The second-order valence-electron chi connectivity index (χ2n) is 6.99. The molecule has 0 unspecified atom stereocenters. The normalized spacial score (nSPS) is 11.2. The molecule has 3 rings (SSSR count). The summed E-state index contributed by atoms with van der Waals surface area (Å²) in [6.07, 6.45) is 1.99. The fourth-order valence-corrected chi connectivity index (χ4v) is 3.57. The van der Waals surface area contributed by atoms with Crippen molar-refractivity contribution in [2.75, 3.05) is 24.6 Å². The van der Waals surface area contributed by atoms with Gasteiger partial charge in [0, 0.05) is 31.4 Å². The molecule has 7 heteroatoms. The molecule has 6 nitrogen and oxygen atoms in total. The zero-order valence-corrected chi connectivity index (χ0v) is 18.1. The highest BCUT2D eigenvalue weighted by Gasteiger charge is 2.17. The molecule has 0 saturated carbocycles. The van der Waals surface area contributed by atoms with Gasteiger partial charge in [-0.3, -0.25) is 0 Å². The first kappa shape index (κ1) is 21.1. The van der Waals surface area contributed by atoms with Crippen molar-refractivity contribution in [3.8, 4) is 17.5 Å². The van der Waals surface area contributed by atoms with Gasteiger partial charge in [-0.25, -0.2) is 9.97 Å². The molecule has 2 aromatic heterocycles. The van der Waals surface area contributed by atoms with Crippen LogP contribution in [0.3, 0.4) is 0 Å². The van der Waals surface area contributed by atoms with E-state index in [1.807, 2.05) is 38.2 Å². The van der Waals surface area contributed by atoms with Gasteiger partial charge >= 0.3 is 0 Å². The van der Waals surface area contributed by atoms with Crippen LogP contribution < -0.4 is 4.90 Å². The number of imidazole rings is 1. The Balaban J connectivity index is 2.07. The molecular weight excluding hydrogens is 386 g/mol. The number of hydrogen-bond acceptors (Lipinski definition) is 5. The molecule has 29 heavy (non-hydrogen) atoms. The first-order valence-corrected chi connectivity index (χ1v) is 10.3. The molecule has 0 spiro atoms. The standard InChI is InChI=1S/C22H26ClN5O/c1-5-27(6-2)19-10-8-17(14-25-19)22-26-21-18(9-7-16(13-24)20(21)23)28(22)11-12-29-15(3)4/h7-10,14-15H,5-6,11-12H2,1-4H3. The minimum absolute atomic E-state index is 0.150. The lowest BCUT2D eigenvalue weighted by Gasteiger charge is -2.19. The highest BCUT2D eigenvalue weighted by Crippen LogP contribution is 2.31. The van der Waals surface area contributed by atoms with Crippen LogP contribution in [0.1, 0.15) is 33.3 Å². The van der Waals surface area contributed by atoms with Crippen LogP contribution in [0.5, 0.6) is 0 Å². The maximum Gasteiger partial charge on any atom is 0.142 e. The van der Waals surface area contributed by atoms with Crippen LogP contribution in [0, 0.1) is 11.3 Å². The zero-order chi connectivity index (χ0) is 21.0. The van der Waals surface area contributed by atoms with Gasteiger partial charge in [-0.2, -0.15) is 5.26 Å². The van der Waals surface area contributed by atoms with Crippen molar-refractivity contribution < 1.29 is 4.74 Å². The third kappa shape index (κ3) is 4.36. The molecule has 0 fully saturated rings. The Morgan fingerprint density at radius 2 is 1.97 bits per heavy atom. The maximum absolute atomic E-state index is 9.30. The molecular formula is C22H26ClN5O. The summed E-state index contributed by atoms with van der Waals surface area (Å²) in [5, 5.41) is 9.68. The molecule has 2 heterocycles. The Labute approximate surface area is 176 Å². The van der Waals surface area contributed by atoms with Gasteiger partial charge in [0.15, 0.2) is 0 Å². The van der Waals surface area contributed by atoms with Crippen LogP contribution in [-0.4, -0.2) is 40.3 Å². The van der Waals surface area contributed by atoms with Crippen LogP contribution in [0.25, 0.3) is 22.4 Å². The van der Waals surface area contributed by atoms with E-state index in [-0.39, 0.29) is 6.10 Å². The van der Waals surface area contributed by atoms with Gasteiger partial charge in [-0.1, -0.05) is 11.6 Å². The highest BCUT2D eigenvalue weighted by atomic mass is 35.5. The summed E-state index contributed by atoms with van der Waals surface area (Å²) in [4.78, 5) is 11.6. The predicted octanol–water partition coefficient (Wildman–Crippen LogP) is 4.89. The van der Waals surface area contributed by atoms with E-state index >= 15 is 0 Å². The van der Waals surface area contributed by atoms with Crippen molar-refractivity contribution in [2.24, 2.45) is 0 Å². The SMILES string of the molecule is CCN(CC)c1ccc(-c2nc3c(Cl)c(C#N)ccc3n2CCOC(C)C)cn1. The van der Waals surface area contributed by atoms with Gasteiger partial charge in [0.1, 0.15) is 23.2 Å². The number of hydrogen-bond donors (Lipinski definition) is 0. The first-order chi connectivity index (χ1) is 14.0. The largest absolute Gasteiger partial charge is 0.377 e. The summed E-state index contributed by atoms with van der Waals surface area (Å²) in [7, 11) is 0. The lowest BCUT2D eigenvalue weighted by molar-refractivity contribution is 0.0735. The van der Waals surface area contributed by atoms with Crippen molar-refractivity contribution >= 4 is 28.5 Å². The van der Waals surface area contributed by atoms with Crippen LogP contribution in [0.15, 0.2) is 30.5 Å². The molecule has 0 aliphatic carbocycles. The average molecular weight is 412 g/mol. The summed E-state index contributed by atoms with van der Waals surface area (Å²) < 4.78 is 7.84. The quantitative estimate of drug-likeness (QED) is 0.527. The summed E-state index contributed by atoms with van der Waals surface area (Å²) in [5.41, 5.74) is 2.82. The van der Waals surface area contributed by atoms with E-state index in [0.29, 0.717) is 29.3 Å². The fourth-order valence-electron chi connectivity index (χ4n) is 3.32.